The minimum atomic E-state index is -2.36. The summed E-state index contributed by atoms with van der Waals surface area (Å²) in [4.78, 5) is 51.4. The number of fused-ring (bicyclic) bond motifs is 1. The van der Waals surface area contributed by atoms with Crippen LogP contribution in [0.1, 0.15) is 46.7 Å². The second-order valence-corrected chi connectivity index (χ2v) is 8.07. The van der Waals surface area contributed by atoms with Gasteiger partial charge < -0.3 is 19.3 Å². The van der Waals surface area contributed by atoms with Crippen LogP contribution in [0.4, 0.5) is 0 Å². The molecule has 9 heteroatoms. The van der Waals surface area contributed by atoms with Gasteiger partial charge >= 0.3 is 0 Å². The summed E-state index contributed by atoms with van der Waals surface area (Å²) < 4.78 is 53.2. The lowest BCUT2D eigenvalue weighted by molar-refractivity contribution is -0.143. The monoisotopic (exact) mass is 468 g/mol. The van der Waals surface area contributed by atoms with Crippen LogP contribution in [0, 0.1) is 0 Å². The van der Waals surface area contributed by atoms with Gasteiger partial charge in [-0.1, -0.05) is 30.3 Å². The number of piperidine rings is 1. The number of rotatable bonds is 6. The summed E-state index contributed by atoms with van der Waals surface area (Å²) in [6, 6.07) is 5.64. The number of ether oxygens (including phenoxy) is 2. The molecule has 2 aromatic carbocycles. The van der Waals surface area contributed by atoms with Crippen LogP contribution in [0.15, 0.2) is 42.4 Å². The average molecular weight is 469 g/mol. The Morgan fingerprint density at radius 3 is 2.79 bits per heavy atom. The highest BCUT2D eigenvalue weighted by atomic mass is 16.5. The van der Waals surface area contributed by atoms with Crippen LogP contribution < -0.4 is 10.1 Å². The fourth-order valence-electron chi connectivity index (χ4n) is 4.10. The summed E-state index contributed by atoms with van der Waals surface area (Å²) in [7, 11) is 0. The number of amides is 4. The molecule has 2 aromatic rings. The normalized spacial score (nSPS) is 23.9. The van der Waals surface area contributed by atoms with Crippen molar-refractivity contribution < 1.29 is 35.5 Å². The quantitative estimate of drug-likeness (QED) is 0.643. The van der Waals surface area contributed by atoms with Crippen molar-refractivity contribution in [3.63, 3.8) is 0 Å². The Labute approximate surface area is 203 Å². The van der Waals surface area contributed by atoms with E-state index < -0.39 is 42.8 Å². The molecular weight excluding hydrogens is 438 g/mol. The van der Waals surface area contributed by atoms with Crippen molar-refractivity contribution in [1.82, 2.24) is 15.1 Å². The van der Waals surface area contributed by atoms with Crippen molar-refractivity contribution in [3.8, 4) is 5.75 Å². The zero-order chi connectivity index (χ0) is 28.1. The van der Waals surface area contributed by atoms with Crippen LogP contribution in [-0.4, -0.2) is 59.2 Å². The van der Waals surface area contributed by atoms with Gasteiger partial charge in [-0.3, -0.25) is 24.5 Å². The largest absolute Gasteiger partial charge is 0.489 e. The van der Waals surface area contributed by atoms with Crippen molar-refractivity contribution in [2.75, 3.05) is 19.8 Å². The Hall–Kier alpha value is -3.72. The van der Waals surface area contributed by atoms with Crippen LogP contribution in [0.25, 0.3) is 0 Å². The summed E-state index contributed by atoms with van der Waals surface area (Å²) >= 11 is 0. The van der Waals surface area contributed by atoms with Crippen molar-refractivity contribution >= 4 is 23.6 Å². The predicted molar refractivity (Wildman–Crippen MR) is 119 cm³/mol. The first-order valence-corrected chi connectivity index (χ1v) is 10.8. The summed E-state index contributed by atoms with van der Waals surface area (Å²) in [5.41, 5.74) is 0.567. The number of nitrogens with zero attached hydrogens (tertiary/aromatic N) is 2. The second-order valence-electron chi connectivity index (χ2n) is 8.07. The molecule has 2 fully saturated rings. The highest BCUT2D eigenvalue weighted by Crippen LogP contribution is 2.34. The van der Waals surface area contributed by atoms with E-state index in [0.29, 0.717) is 11.1 Å². The minimum Gasteiger partial charge on any atom is -0.489 e. The number of hydrogen-bond acceptors (Lipinski definition) is 6. The Balaban J connectivity index is 1.38. The Kier molecular flexibility index (Phi) is 4.58. The molecule has 1 N–H and O–H groups in total. The van der Waals surface area contributed by atoms with E-state index in [0.717, 1.165) is 11.0 Å². The van der Waals surface area contributed by atoms with Gasteiger partial charge in [-0.05, 0) is 29.7 Å². The molecule has 0 spiro atoms. The van der Waals surface area contributed by atoms with Crippen LogP contribution >= 0.6 is 0 Å². The number of morpholine rings is 1. The predicted octanol–water partition coefficient (Wildman–Crippen LogP) is 1.39. The number of carbonyl (C=O) groups excluding carboxylic acids is 4. The van der Waals surface area contributed by atoms with Gasteiger partial charge in [0.2, 0.25) is 17.7 Å². The molecule has 176 valence electrons. The van der Waals surface area contributed by atoms with Gasteiger partial charge in [-0.25, -0.2) is 0 Å². The first-order valence-electron chi connectivity index (χ1n) is 13.4. The highest BCUT2D eigenvalue weighted by molar-refractivity contribution is 6.05. The molecule has 9 nitrogen and oxygen atoms in total. The summed E-state index contributed by atoms with van der Waals surface area (Å²) in [5, 5.41) is 2.25. The molecule has 2 saturated heterocycles. The Morgan fingerprint density at radius 1 is 1.15 bits per heavy atom. The molecule has 3 heterocycles. The maximum atomic E-state index is 13.0. The van der Waals surface area contributed by atoms with Gasteiger partial charge in [0.1, 0.15) is 25.0 Å². The zero-order valence-electron chi connectivity index (χ0n) is 23.1. The van der Waals surface area contributed by atoms with Crippen molar-refractivity contribution in [2.45, 2.75) is 38.5 Å². The van der Waals surface area contributed by atoms with E-state index in [-0.39, 0.29) is 68.1 Å². The van der Waals surface area contributed by atoms with Gasteiger partial charge in [0.05, 0.1) is 20.0 Å². The van der Waals surface area contributed by atoms with Gasteiger partial charge in [-0.2, -0.15) is 0 Å². The van der Waals surface area contributed by atoms with Gasteiger partial charge in [0.15, 0.2) is 0 Å². The van der Waals surface area contributed by atoms with Gasteiger partial charge in [0, 0.05) is 30.6 Å². The van der Waals surface area contributed by atoms with Crippen LogP contribution in [0.5, 0.6) is 5.75 Å². The molecule has 0 radical (unpaired) electrons. The van der Waals surface area contributed by atoms with E-state index in [2.05, 4.69) is 5.32 Å². The molecule has 5 rings (SSSR count). The van der Waals surface area contributed by atoms with Crippen molar-refractivity contribution in [3.05, 3.63) is 64.7 Å². The topological polar surface area (TPSA) is 105 Å². The third kappa shape index (κ3) is 4.38. The van der Waals surface area contributed by atoms with Gasteiger partial charge in [-0.15, -0.1) is 0 Å². The first kappa shape index (κ1) is 16.8. The molecule has 34 heavy (non-hydrogen) atoms. The third-order valence-corrected chi connectivity index (χ3v) is 5.86. The van der Waals surface area contributed by atoms with E-state index in [4.69, 9.17) is 16.3 Å². The van der Waals surface area contributed by atoms with Crippen molar-refractivity contribution in [1.29, 1.82) is 0 Å². The Bertz CT molecular complexity index is 1390. The summed E-state index contributed by atoms with van der Waals surface area (Å²) in [6.45, 7) is -3.93. The van der Waals surface area contributed by atoms with Gasteiger partial charge in [0.25, 0.3) is 5.91 Å². The lowest BCUT2D eigenvalue weighted by Crippen LogP contribution is -2.52. The smallest absolute Gasteiger partial charge is 0.255 e. The fraction of sp³-hybridized carbons (Fsp3) is 0.360. The number of carbonyl (C=O) groups is 4. The highest BCUT2D eigenvalue weighted by Gasteiger charge is 2.40. The number of imide groups is 1. The fourth-order valence-corrected chi connectivity index (χ4v) is 4.10. The first-order chi connectivity index (χ1) is 18.5. The summed E-state index contributed by atoms with van der Waals surface area (Å²) in [5.74, 6) is -1.71. The lowest BCUT2D eigenvalue weighted by Gasteiger charge is -2.29. The molecule has 3 aliphatic heterocycles. The maximum Gasteiger partial charge on any atom is 0.255 e. The standard InChI is InChI=1S/C25H25N3O6/c29-22-9-8-20(24(31)26-22)28-13-19-18(25(28)32)2-1-3-21(19)34-14-17-6-4-16(5-7-17)12-27-10-11-33-15-23(27)30/h1-7,20H,8-15H2,(H,26,29,31)/i4D,7D,12D2,14D. The van der Waals surface area contributed by atoms with E-state index in [9.17, 15) is 19.2 Å². The third-order valence-electron chi connectivity index (χ3n) is 5.86. The second kappa shape index (κ2) is 9.26. The maximum absolute atomic E-state index is 13.0. The average Bonchev–Trinajstić information content (AvgIpc) is 3.22. The van der Waals surface area contributed by atoms with E-state index in [1.807, 2.05) is 0 Å². The number of nitrogens with one attached hydrogen (secondary N) is 1. The van der Waals surface area contributed by atoms with E-state index in [1.54, 1.807) is 18.2 Å². The minimum absolute atomic E-state index is 0.00177. The van der Waals surface area contributed by atoms with E-state index >= 15 is 0 Å². The van der Waals surface area contributed by atoms with Crippen LogP contribution in [0.2, 0.25) is 0 Å². The van der Waals surface area contributed by atoms with Crippen LogP contribution in [-0.2, 0) is 38.7 Å². The van der Waals surface area contributed by atoms with E-state index in [1.165, 1.54) is 11.0 Å². The van der Waals surface area contributed by atoms with Crippen LogP contribution in [0.3, 0.4) is 0 Å². The molecule has 0 bridgehead atoms. The van der Waals surface area contributed by atoms with Crippen molar-refractivity contribution in [2.24, 2.45) is 0 Å². The number of benzene rings is 2. The molecule has 3 aliphatic rings. The molecule has 0 aromatic heterocycles. The molecule has 0 aliphatic carbocycles. The number of hydrogen-bond donors (Lipinski definition) is 1. The zero-order valence-corrected chi connectivity index (χ0v) is 18.1. The Morgan fingerprint density at radius 2 is 1.97 bits per heavy atom. The summed E-state index contributed by atoms with van der Waals surface area (Å²) in [6.07, 6.45) is 0.316. The molecule has 4 amide bonds. The lowest BCUT2D eigenvalue weighted by atomic mass is 10.0. The molecular formula is C25H25N3O6. The molecule has 2 atom stereocenters. The molecule has 2 unspecified atom stereocenters. The SMILES string of the molecule is [2H]c1cc(C([2H])([2H])N2CCOCC2=O)c([2H])cc1C([2H])Oc1cccc2c1CN(C1CCC(=O)NC1=O)C2=O. The molecule has 0 saturated carbocycles.